The molecule has 0 spiro atoms. The zero-order valence-corrected chi connectivity index (χ0v) is 11.9. The predicted octanol–water partition coefficient (Wildman–Crippen LogP) is 3.32. The van der Waals surface area contributed by atoms with Crippen LogP contribution < -0.4 is 5.73 Å². The monoisotopic (exact) mass is 277 g/mol. The summed E-state index contributed by atoms with van der Waals surface area (Å²) in [6.07, 6.45) is 1.93. The highest BCUT2D eigenvalue weighted by atomic mass is 15.1. The summed E-state index contributed by atoms with van der Waals surface area (Å²) in [5, 5.41) is 7.51. The van der Waals surface area contributed by atoms with Crippen molar-refractivity contribution in [2.75, 3.05) is 0 Å². The fourth-order valence-electron chi connectivity index (χ4n) is 2.37. The molecule has 3 nitrogen and oxygen atoms in total. The van der Waals surface area contributed by atoms with E-state index in [-0.39, 0.29) is 0 Å². The molecule has 2 aromatic carbocycles. The molecule has 0 aliphatic rings. The van der Waals surface area contributed by atoms with Crippen LogP contribution in [-0.4, -0.2) is 10.2 Å². The summed E-state index contributed by atoms with van der Waals surface area (Å²) in [7, 11) is 0. The molecule has 0 unspecified atom stereocenters. The Morgan fingerprint density at radius 3 is 2.29 bits per heavy atom. The molecule has 1 heterocycles. The number of aromatic amines is 1. The third-order valence-electron chi connectivity index (χ3n) is 3.64. The molecule has 3 heteroatoms. The van der Waals surface area contributed by atoms with E-state index in [2.05, 4.69) is 52.7 Å². The molecular weight excluding hydrogens is 258 g/mol. The van der Waals surface area contributed by atoms with Gasteiger partial charge in [-0.3, -0.25) is 5.10 Å². The summed E-state index contributed by atoms with van der Waals surface area (Å²) in [6, 6.07) is 20.9. The third-order valence-corrected chi connectivity index (χ3v) is 3.64. The Balaban J connectivity index is 1.64. The maximum absolute atomic E-state index is 5.61. The van der Waals surface area contributed by atoms with Crippen LogP contribution in [0.3, 0.4) is 0 Å². The van der Waals surface area contributed by atoms with Crippen LogP contribution in [0.25, 0.3) is 11.3 Å². The zero-order valence-electron chi connectivity index (χ0n) is 11.9. The number of aryl methyl sites for hydroxylation is 2. The molecule has 0 bridgehead atoms. The van der Waals surface area contributed by atoms with Crippen molar-refractivity contribution in [3.8, 4) is 11.3 Å². The van der Waals surface area contributed by atoms with E-state index in [1.165, 1.54) is 16.7 Å². The number of aromatic nitrogens is 2. The Kier molecular flexibility index (Phi) is 4.12. The van der Waals surface area contributed by atoms with Crippen LogP contribution in [0.4, 0.5) is 0 Å². The van der Waals surface area contributed by atoms with Gasteiger partial charge in [0.05, 0.1) is 11.4 Å². The highest BCUT2D eigenvalue weighted by molar-refractivity contribution is 5.58. The maximum atomic E-state index is 5.61. The molecule has 3 rings (SSSR count). The fraction of sp³-hybridized carbons (Fsp3) is 0.167. The molecule has 106 valence electrons. The van der Waals surface area contributed by atoms with E-state index in [1.54, 1.807) is 0 Å². The van der Waals surface area contributed by atoms with Gasteiger partial charge >= 0.3 is 0 Å². The topological polar surface area (TPSA) is 54.7 Å². The van der Waals surface area contributed by atoms with E-state index >= 15 is 0 Å². The number of nitrogens with one attached hydrogen (secondary N) is 1. The smallest absolute Gasteiger partial charge is 0.0653 e. The van der Waals surface area contributed by atoms with Gasteiger partial charge in [-0.1, -0.05) is 54.6 Å². The number of hydrogen-bond acceptors (Lipinski definition) is 2. The van der Waals surface area contributed by atoms with Gasteiger partial charge in [-0.15, -0.1) is 0 Å². The highest BCUT2D eigenvalue weighted by Gasteiger charge is 2.03. The van der Waals surface area contributed by atoms with Gasteiger partial charge in [-0.2, -0.15) is 5.10 Å². The molecule has 0 aliphatic carbocycles. The Bertz CT molecular complexity index is 684. The van der Waals surface area contributed by atoms with Crippen LogP contribution in [0.2, 0.25) is 0 Å². The van der Waals surface area contributed by atoms with E-state index < -0.39 is 0 Å². The SMILES string of the molecule is NCc1ccc(CCc2cc(-c3ccccc3)[nH]n2)cc1. The maximum Gasteiger partial charge on any atom is 0.0653 e. The summed E-state index contributed by atoms with van der Waals surface area (Å²) in [6.45, 7) is 0.597. The van der Waals surface area contributed by atoms with E-state index in [0.29, 0.717) is 6.54 Å². The van der Waals surface area contributed by atoms with Gasteiger partial charge in [0.2, 0.25) is 0 Å². The highest BCUT2D eigenvalue weighted by Crippen LogP contribution is 2.17. The summed E-state index contributed by atoms with van der Waals surface area (Å²) >= 11 is 0. The van der Waals surface area contributed by atoms with Crippen molar-refractivity contribution in [2.24, 2.45) is 5.73 Å². The molecule has 0 saturated carbocycles. The second kappa shape index (κ2) is 6.37. The van der Waals surface area contributed by atoms with Crippen LogP contribution >= 0.6 is 0 Å². The second-order valence-corrected chi connectivity index (χ2v) is 5.16. The average molecular weight is 277 g/mol. The molecule has 0 atom stereocenters. The Morgan fingerprint density at radius 1 is 0.857 bits per heavy atom. The molecule has 0 amide bonds. The fourth-order valence-corrected chi connectivity index (χ4v) is 2.37. The van der Waals surface area contributed by atoms with Gasteiger partial charge in [0.25, 0.3) is 0 Å². The van der Waals surface area contributed by atoms with Crippen LogP contribution in [-0.2, 0) is 19.4 Å². The third kappa shape index (κ3) is 3.38. The van der Waals surface area contributed by atoms with Crippen LogP contribution in [0.15, 0.2) is 60.7 Å². The van der Waals surface area contributed by atoms with E-state index in [4.69, 9.17) is 5.73 Å². The van der Waals surface area contributed by atoms with Crippen molar-refractivity contribution in [3.05, 3.63) is 77.5 Å². The molecule has 0 aliphatic heterocycles. The normalized spacial score (nSPS) is 10.7. The Labute approximate surface area is 124 Å². The van der Waals surface area contributed by atoms with Gasteiger partial charge in [0.1, 0.15) is 0 Å². The van der Waals surface area contributed by atoms with Gasteiger partial charge in [-0.05, 0) is 35.6 Å². The first-order valence-corrected chi connectivity index (χ1v) is 7.23. The quantitative estimate of drug-likeness (QED) is 0.751. The number of nitrogens with two attached hydrogens (primary N) is 1. The lowest BCUT2D eigenvalue weighted by molar-refractivity contribution is 0.892. The summed E-state index contributed by atoms with van der Waals surface area (Å²) in [5.41, 5.74) is 11.4. The van der Waals surface area contributed by atoms with Gasteiger partial charge in [0, 0.05) is 6.54 Å². The van der Waals surface area contributed by atoms with Crippen molar-refractivity contribution in [1.82, 2.24) is 10.2 Å². The Hall–Kier alpha value is -2.39. The van der Waals surface area contributed by atoms with Crippen molar-refractivity contribution in [2.45, 2.75) is 19.4 Å². The first-order valence-electron chi connectivity index (χ1n) is 7.23. The number of benzene rings is 2. The Morgan fingerprint density at radius 2 is 1.57 bits per heavy atom. The lowest BCUT2D eigenvalue weighted by Gasteiger charge is -2.01. The van der Waals surface area contributed by atoms with Gasteiger partial charge < -0.3 is 5.73 Å². The molecule has 0 fully saturated rings. The minimum absolute atomic E-state index is 0.597. The van der Waals surface area contributed by atoms with E-state index in [0.717, 1.165) is 24.2 Å². The standard InChI is InChI=1S/C18H19N3/c19-13-15-8-6-14(7-9-15)10-11-17-12-18(21-20-17)16-4-2-1-3-5-16/h1-9,12H,10-11,13,19H2,(H,20,21). The molecule has 3 aromatic rings. The molecule has 0 radical (unpaired) electrons. The number of rotatable bonds is 5. The number of hydrogen-bond donors (Lipinski definition) is 2. The van der Waals surface area contributed by atoms with Gasteiger partial charge in [-0.25, -0.2) is 0 Å². The van der Waals surface area contributed by atoms with E-state index in [1.807, 2.05) is 18.2 Å². The van der Waals surface area contributed by atoms with Crippen molar-refractivity contribution < 1.29 is 0 Å². The van der Waals surface area contributed by atoms with E-state index in [9.17, 15) is 0 Å². The number of nitrogens with zero attached hydrogens (tertiary/aromatic N) is 1. The minimum atomic E-state index is 0.597. The molecule has 3 N–H and O–H groups in total. The van der Waals surface area contributed by atoms with Crippen molar-refractivity contribution in [3.63, 3.8) is 0 Å². The largest absolute Gasteiger partial charge is 0.326 e. The second-order valence-electron chi connectivity index (χ2n) is 5.16. The summed E-state index contributed by atoms with van der Waals surface area (Å²) in [4.78, 5) is 0. The number of H-pyrrole nitrogens is 1. The van der Waals surface area contributed by atoms with Crippen LogP contribution in [0, 0.1) is 0 Å². The molecule has 0 saturated heterocycles. The molecular formula is C18H19N3. The lowest BCUT2D eigenvalue weighted by Crippen LogP contribution is -1.97. The predicted molar refractivity (Wildman–Crippen MR) is 85.8 cm³/mol. The summed E-state index contributed by atoms with van der Waals surface area (Å²) < 4.78 is 0. The van der Waals surface area contributed by atoms with Crippen molar-refractivity contribution >= 4 is 0 Å². The first kappa shape index (κ1) is 13.6. The minimum Gasteiger partial charge on any atom is -0.326 e. The summed E-state index contributed by atoms with van der Waals surface area (Å²) in [5.74, 6) is 0. The molecule has 21 heavy (non-hydrogen) atoms. The lowest BCUT2D eigenvalue weighted by atomic mass is 10.1. The molecule has 1 aromatic heterocycles. The average Bonchev–Trinajstić information content (AvgIpc) is 3.03. The van der Waals surface area contributed by atoms with Crippen molar-refractivity contribution in [1.29, 1.82) is 0 Å². The van der Waals surface area contributed by atoms with Gasteiger partial charge in [0.15, 0.2) is 0 Å². The van der Waals surface area contributed by atoms with Crippen LogP contribution in [0.5, 0.6) is 0 Å². The van der Waals surface area contributed by atoms with Crippen LogP contribution in [0.1, 0.15) is 16.8 Å². The zero-order chi connectivity index (χ0) is 14.5. The first-order chi connectivity index (χ1) is 10.3.